The van der Waals surface area contributed by atoms with Gasteiger partial charge in [-0.3, -0.25) is 0 Å². The summed E-state index contributed by atoms with van der Waals surface area (Å²) >= 11 is 0. The van der Waals surface area contributed by atoms with E-state index in [4.69, 9.17) is 9.84 Å². The highest BCUT2D eigenvalue weighted by molar-refractivity contribution is 5.65. The fourth-order valence-corrected chi connectivity index (χ4v) is 2.60. The molecule has 6 nitrogen and oxygen atoms in total. The predicted octanol–water partition coefficient (Wildman–Crippen LogP) is 2.02. The summed E-state index contributed by atoms with van der Waals surface area (Å²) in [6.45, 7) is 0.828. The lowest BCUT2D eigenvalue weighted by atomic mass is 10.0. The molecular formula is C19H24N2O4. The minimum atomic E-state index is -1.15. The first-order chi connectivity index (χ1) is 12.1. The Morgan fingerprint density at radius 1 is 1.12 bits per heavy atom. The molecule has 0 radical (unpaired) electrons. The predicted molar refractivity (Wildman–Crippen MR) is 95.8 cm³/mol. The number of hydrogen-bond donors (Lipinski definition) is 4. The number of amides is 1. The molecule has 0 saturated heterocycles. The number of aliphatic hydroxyl groups is 1. The van der Waals surface area contributed by atoms with Crippen LogP contribution in [0.3, 0.4) is 0 Å². The Hall–Kier alpha value is -2.57. The van der Waals surface area contributed by atoms with E-state index in [1.807, 2.05) is 54.6 Å². The van der Waals surface area contributed by atoms with Gasteiger partial charge in [-0.1, -0.05) is 42.5 Å². The van der Waals surface area contributed by atoms with Crippen LogP contribution in [0.5, 0.6) is 5.75 Å². The highest BCUT2D eigenvalue weighted by Crippen LogP contribution is 2.12. The molecule has 0 aliphatic carbocycles. The monoisotopic (exact) mass is 344 g/mol. The number of methoxy groups -OCH3 is 1. The molecule has 2 aromatic rings. The normalized spacial score (nSPS) is 13.0. The van der Waals surface area contributed by atoms with Crippen LogP contribution >= 0.6 is 0 Å². The van der Waals surface area contributed by atoms with Gasteiger partial charge in [-0.05, 0) is 29.7 Å². The first-order valence-electron chi connectivity index (χ1n) is 8.13. The maximum atomic E-state index is 11.0. The molecular weight excluding hydrogens is 320 g/mol. The molecule has 0 fully saturated rings. The van der Waals surface area contributed by atoms with Crippen molar-refractivity contribution in [3.8, 4) is 5.75 Å². The Bertz CT molecular complexity index is 663. The van der Waals surface area contributed by atoms with E-state index in [0.717, 1.165) is 16.9 Å². The summed E-state index contributed by atoms with van der Waals surface area (Å²) < 4.78 is 5.18. The third-order valence-electron chi connectivity index (χ3n) is 3.89. The van der Waals surface area contributed by atoms with Crippen molar-refractivity contribution in [3.63, 3.8) is 0 Å². The van der Waals surface area contributed by atoms with Gasteiger partial charge in [-0.15, -0.1) is 0 Å². The molecule has 0 saturated carbocycles. The largest absolute Gasteiger partial charge is 0.497 e. The zero-order valence-electron chi connectivity index (χ0n) is 14.2. The molecule has 0 bridgehead atoms. The highest BCUT2D eigenvalue weighted by Gasteiger charge is 2.21. The number of ether oxygens (including phenoxy) is 1. The lowest BCUT2D eigenvalue weighted by molar-refractivity contribution is 0.117. The molecule has 2 atom stereocenters. The van der Waals surface area contributed by atoms with Crippen LogP contribution in [0.2, 0.25) is 0 Å². The fourth-order valence-electron chi connectivity index (χ4n) is 2.60. The second kappa shape index (κ2) is 9.66. The standard InChI is InChI=1S/C19H24N2O4/c1-25-16-9-5-8-15(10-16)12-20-13-18(22)17(21-19(23)24)11-14-6-3-2-4-7-14/h2-10,17-18,20-22H,11-13H2,1H3,(H,23,24)/t17?,18-/m1/s1. The number of aliphatic hydroxyl groups excluding tert-OH is 1. The molecule has 0 spiro atoms. The summed E-state index contributed by atoms with van der Waals surface area (Å²) in [6, 6.07) is 16.5. The van der Waals surface area contributed by atoms with Crippen LogP contribution in [0.25, 0.3) is 0 Å². The minimum absolute atomic E-state index is 0.273. The van der Waals surface area contributed by atoms with Gasteiger partial charge in [0.1, 0.15) is 5.75 Å². The summed E-state index contributed by atoms with van der Waals surface area (Å²) in [5.41, 5.74) is 1.99. The summed E-state index contributed by atoms with van der Waals surface area (Å²) in [5, 5.41) is 25.0. The minimum Gasteiger partial charge on any atom is -0.497 e. The van der Waals surface area contributed by atoms with Crippen molar-refractivity contribution in [2.75, 3.05) is 13.7 Å². The maximum absolute atomic E-state index is 11.0. The van der Waals surface area contributed by atoms with Crippen LogP contribution in [0.4, 0.5) is 4.79 Å². The third kappa shape index (κ3) is 6.45. The van der Waals surface area contributed by atoms with Gasteiger partial charge in [0.25, 0.3) is 0 Å². The van der Waals surface area contributed by atoms with E-state index < -0.39 is 18.2 Å². The molecule has 2 rings (SSSR count). The van der Waals surface area contributed by atoms with Crippen LogP contribution in [0.15, 0.2) is 54.6 Å². The van der Waals surface area contributed by atoms with E-state index in [1.165, 1.54) is 0 Å². The molecule has 0 aromatic heterocycles. The Labute approximate surface area is 147 Å². The molecule has 6 heteroatoms. The van der Waals surface area contributed by atoms with Crippen molar-refractivity contribution in [3.05, 3.63) is 65.7 Å². The van der Waals surface area contributed by atoms with Crippen LogP contribution in [-0.4, -0.2) is 42.1 Å². The van der Waals surface area contributed by atoms with Crippen molar-refractivity contribution >= 4 is 6.09 Å². The van der Waals surface area contributed by atoms with Crippen molar-refractivity contribution in [1.29, 1.82) is 0 Å². The van der Waals surface area contributed by atoms with Crippen molar-refractivity contribution in [1.82, 2.24) is 10.6 Å². The first-order valence-corrected chi connectivity index (χ1v) is 8.13. The van der Waals surface area contributed by atoms with E-state index >= 15 is 0 Å². The second-order valence-electron chi connectivity index (χ2n) is 5.80. The molecule has 134 valence electrons. The molecule has 4 N–H and O–H groups in total. The van der Waals surface area contributed by atoms with E-state index in [0.29, 0.717) is 13.0 Å². The quantitative estimate of drug-likeness (QED) is 0.559. The summed E-state index contributed by atoms with van der Waals surface area (Å²) in [5.74, 6) is 0.773. The van der Waals surface area contributed by atoms with Crippen molar-refractivity contribution in [2.45, 2.75) is 25.1 Å². The van der Waals surface area contributed by atoms with Crippen molar-refractivity contribution < 1.29 is 19.7 Å². The number of hydrogen-bond acceptors (Lipinski definition) is 4. The molecule has 1 unspecified atom stereocenters. The lowest BCUT2D eigenvalue weighted by Gasteiger charge is -2.23. The number of nitrogens with one attached hydrogen (secondary N) is 2. The van der Waals surface area contributed by atoms with Gasteiger partial charge in [-0.2, -0.15) is 0 Å². The van der Waals surface area contributed by atoms with Gasteiger partial charge in [0, 0.05) is 13.1 Å². The molecule has 1 amide bonds. The molecule has 0 aliphatic rings. The highest BCUT2D eigenvalue weighted by atomic mass is 16.5. The van der Waals surface area contributed by atoms with Crippen LogP contribution in [0.1, 0.15) is 11.1 Å². The molecule has 0 aliphatic heterocycles. The van der Waals surface area contributed by atoms with E-state index in [1.54, 1.807) is 7.11 Å². The lowest BCUT2D eigenvalue weighted by Crippen LogP contribution is -2.48. The van der Waals surface area contributed by atoms with Gasteiger partial charge >= 0.3 is 6.09 Å². The zero-order chi connectivity index (χ0) is 18.1. The van der Waals surface area contributed by atoms with Gasteiger partial charge < -0.3 is 25.6 Å². The van der Waals surface area contributed by atoms with E-state index in [2.05, 4.69) is 10.6 Å². The van der Waals surface area contributed by atoms with Crippen LogP contribution in [0, 0.1) is 0 Å². The average Bonchev–Trinajstić information content (AvgIpc) is 2.62. The molecule has 2 aromatic carbocycles. The second-order valence-corrected chi connectivity index (χ2v) is 5.80. The molecule has 0 heterocycles. The average molecular weight is 344 g/mol. The number of benzene rings is 2. The SMILES string of the molecule is COc1cccc(CNC[C@@H](O)C(Cc2ccccc2)NC(=O)O)c1. The number of carboxylic acid groups (broad SMARTS) is 1. The van der Waals surface area contributed by atoms with Gasteiger partial charge in [0.2, 0.25) is 0 Å². The summed E-state index contributed by atoms with van der Waals surface area (Å²) in [6.07, 6.45) is -1.57. The summed E-state index contributed by atoms with van der Waals surface area (Å²) in [4.78, 5) is 11.0. The molecule has 25 heavy (non-hydrogen) atoms. The van der Waals surface area contributed by atoms with Gasteiger partial charge in [0.05, 0.1) is 19.3 Å². The van der Waals surface area contributed by atoms with E-state index in [-0.39, 0.29) is 6.54 Å². The Kier molecular flexibility index (Phi) is 7.25. The zero-order valence-corrected chi connectivity index (χ0v) is 14.2. The Balaban J connectivity index is 1.89. The fraction of sp³-hybridized carbons (Fsp3) is 0.316. The number of carbonyl (C=O) groups is 1. The third-order valence-corrected chi connectivity index (χ3v) is 3.89. The Morgan fingerprint density at radius 2 is 1.84 bits per heavy atom. The van der Waals surface area contributed by atoms with E-state index in [9.17, 15) is 9.90 Å². The van der Waals surface area contributed by atoms with Crippen LogP contribution < -0.4 is 15.4 Å². The maximum Gasteiger partial charge on any atom is 0.404 e. The topological polar surface area (TPSA) is 90.8 Å². The summed E-state index contributed by atoms with van der Waals surface area (Å²) in [7, 11) is 1.61. The van der Waals surface area contributed by atoms with Gasteiger partial charge in [0.15, 0.2) is 0 Å². The number of rotatable bonds is 9. The first kappa shape index (κ1) is 18.8. The van der Waals surface area contributed by atoms with Crippen LogP contribution in [-0.2, 0) is 13.0 Å². The Morgan fingerprint density at radius 3 is 2.52 bits per heavy atom. The smallest absolute Gasteiger partial charge is 0.404 e. The van der Waals surface area contributed by atoms with Gasteiger partial charge in [-0.25, -0.2) is 4.79 Å². The van der Waals surface area contributed by atoms with Crippen molar-refractivity contribution in [2.24, 2.45) is 0 Å².